The van der Waals surface area contributed by atoms with Gasteiger partial charge in [-0.3, -0.25) is 0 Å². The van der Waals surface area contributed by atoms with E-state index in [-0.39, 0.29) is 0 Å². The quantitative estimate of drug-likeness (QED) is 0.169. The van der Waals surface area contributed by atoms with Crippen molar-refractivity contribution in [3.8, 4) is 34.5 Å². The van der Waals surface area contributed by atoms with Crippen molar-refractivity contribution in [3.05, 3.63) is 230 Å². The number of hydrogen-bond donors (Lipinski definition) is 0. The van der Waals surface area contributed by atoms with E-state index in [2.05, 4.69) is 268 Å². The fraction of sp³-hybridized carbons (Fsp3) is 0.182. The Morgan fingerprint density at radius 1 is 0.313 bits per heavy atom. The minimum absolute atomic E-state index is 0.331. The van der Waals surface area contributed by atoms with E-state index in [0.29, 0.717) is 17.4 Å². The second kappa shape index (κ2) is 17.7. The lowest BCUT2D eigenvalue weighted by Crippen LogP contribution is -2.20. The normalized spacial score (nSPS) is 15.1. The summed E-state index contributed by atoms with van der Waals surface area (Å²) in [4.78, 5) is 0. The number of nitrogens with zero attached hydrogens (tertiary/aromatic N) is 6. The zero-order chi connectivity index (χ0) is 56.6. The number of fused-ring (bicyclic) bond motifs is 15. The molecule has 5 heterocycles. The van der Waals surface area contributed by atoms with Gasteiger partial charge >= 0.3 is 0 Å². The van der Waals surface area contributed by atoms with Crippen LogP contribution in [0.3, 0.4) is 0 Å². The van der Waals surface area contributed by atoms with Crippen LogP contribution in [0.4, 0.5) is 0 Å². The molecule has 16 rings (SSSR count). The molecule has 2 aliphatic rings. The summed E-state index contributed by atoms with van der Waals surface area (Å²) >= 11 is 0. The molecule has 0 bridgehead atoms. The number of rotatable bonds is 5. The first-order chi connectivity index (χ1) is 40.2. The molecule has 2 unspecified atom stereocenters. The van der Waals surface area contributed by atoms with Crippen LogP contribution in [0.25, 0.3) is 128 Å². The Labute approximate surface area is 483 Å². The van der Waals surface area contributed by atoms with Gasteiger partial charge in [-0.05, 0) is 200 Å². The van der Waals surface area contributed by atoms with Gasteiger partial charge in [-0.15, -0.1) is 0 Å². The van der Waals surface area contributed by atoms with Gasteiger partial charge in [-0.25, -0.2) is 0 Å². The number of aromatic nitrogens is 5. The number of hydrogen-bond acceptors (Lipinski definition) is 1. The molecule has 0 spiro atoms. The molecule has 14 aromatic rings. The molecular formula is C77H64N6. The van der Waals surface area contributed by atoms with E-state index in [9.17, 15) is 5.26 Å². The Hall–Kier alpha value is -9.57. The van der Waals surface area contributed by atoms with Gasteiger partial charge in [-0.2, -0.15) is 5.26 Å². The van der Waals surface area contributed by atoms with Gasteiger partial charge in [-0.1, -0.05) is 119 Å². The summed E-state index contributed by atoms with van der Waals surface area (Å²) in [6, 6.07) is 58.9. The molecule has 6 heteroatoms. The van der Waals surface area contributed by atoms with E-state index in [1.54, 1.807) is 0 Å². The van der Waals surface area contributed by atoms with Crippen molar-refractivity contribution in [3.63, 3.8) is 0 Å². The van der Waals surface area contributed by atoms with Crippen LogP contribution >= 0.6 is 0 Å². The molecule has 402 valence electrons. The third kappa shape index (κ3) is 7.01. The maximum absolute atomic E-state index is 13.2. The smallest absolute Gasteiger partial charge is 0.105 e. The van der Waals surface area contributed by atoms with Crippen LogP contribution < -0.4 is 0 Å². The number of nitriles is 1. The van der Waals surface area contributed by atoms with Gasteiger partial charge in [0.25, 0.3) is 0 Å². The summed E-state index contributed by atoms with van der Waals surface area (Å²) in [6.45, 7) is 22.3. The van der Waals surface area contributed by atoms with E-state index < -0.39 is 0 Å². The summed E-state index contributed by atoms with van der Waals surface area (Å²) in [5.74, 6) is 0.665. The van der Waals surface area contributed by atoms with Crippen molar-refractivity contribution in [2.75, 3.05) is 0 Å². The van der Waals surface area contributed by atoms with Crippen LogP contribution in [0.5, 0.6) is 0 Å². The van der Waals surface area contributed by atoms with E-state index in [0.717, 1.165) is 108 Å². The van der Waals surface area contributed by atoms with Gasteiger partial charge in [0.1, 0.15) is 11.6 Å². The topological polar surface area (TPSA) is 48.4 Å². The molecule has 0 aliphatic heterocycles. The summed E-state index contributed by atoms with van der Waals surface area (Å²) in [5.41, 5.74) is 28.2. The molecule has 0 N–H and O–H groups in total. The SMILES string of the molecule is Cc1ccc2c(c1)c1c(n2-c2c(C#N)c(-n3c4ccc(C)cc4c4cc(C)ccc43)c(-n3c4ccc(C)cc4c4cc(C)ccc43)c(-n3c4ccc(C)cc4c4cc(C)ccc43)c2-n2c3c(c4cc(C)ccc42)CC(C)C=C3)C=CC(C)C1. The van der Waals surface area contributed by atoms with Crippen molar-refractivity contribution in [1.29, 1.82) is 5.26 Å². The van der Waals surface area contributed by atoms with Crippen molar-refractivity contribution >= 4 is 99.4 Å². The maximum atomic E-state index is 13.2. The molecule has 6 nitrogen and oxygen atoms in total. The molecule has 0 amide bonds. The van der Waals surface area contributed by atoms with E-state index in [1.807, 2.05) is 0 Å². The van der Waals surface area contributed by atoms with Crippen molar-refractivity contribution in [2.24, 2.45) is 11.8 Å². The molecule has 0 fully saturated rings. The van der Waals surface area contributed by atoms with Crippen LogP contribution in [-0.2, 0) is 12.8 Å². The first-order valence-electron chi connectivity index (χ1n) is 29.6. The average Bonchev–Trinajstić information content (AvgIpc) is 2.44. The number of aryl methyl sites for hydroxylation is 8. The molecule has 83 heavy (non-hydrogen) atoms. The fourth-order valence-electron chi connectivity index (χ4n) is 14.9. The summed E-state index contributed by atoms with van der Waals surface area (Å²) in [5, 5.41) is 22.7. The largest absolute Gasteiger partial charge is 0.306 e. The number of benzene rings is 9. The van der Waals surface area contributed by atoms with Gasteiger partial charge in [0.2, 0.25) is 0 Å². The minimum Gasteiger partial charge on any atom is -0.306 e. The monoisotopic (exact) mass is 1070 g/mol. The van der Waals surface area contributed by atoms with Crippen LogP contribution in [0, 0.1) is 78.6 Å². The Bertz CT molecular complexity index is 5170. The first-order valence-corrected chi connectivity index (χ1v) is 29.6. The molecule has 5 aromatic heterocycles. The van der Waals surface area contributed by atoms with E-state index >= 15 is 0 Å². The molecule has 2 atom stereocenters. The van der Waals surface area contributed by atoms with Crippen LogP contribution in [-0.4, -0.2) is 22.8 Å². The highest BCUT2D eigenvalue weighted by atomic mass is 15.2. The van der Waals surface area contributed by atoms with Crippen LogP contribution in [0.15, 0.2) is 158 Å². The van der Waals surface area contributed by atoms with Gasteiger partial charge in [0, 0.05) is 54.5 Å². The zero-order valence-electron chi connectivity index (χ0n) is 48.9. The van der Waals surface area contributed by atoms with Crippen molar-refractivity contribution in [1.82, 2.24) is 22.8 Å². The zero-order valence-corrected chi connectivity index (χ0v) is 48.9. The highest BCUT2D eigenvalue weighted by molar-refractivity contribution is 6.16. The van der Waals surface area contributed by atoms with Crippen molar-refractivity contribution < 1.29 is 0 Å². The molecule has 2 aliphatic carbocycles. The fourth-order valence-corrected chi connectivity index (χ4v) is 14.9. The Morgan fingerprint density at radius 2 is 0.542 bits per heavy atom. The Balaban J connectivity index is 1.30. The Kier molecular flexibility index (Phi) is 10.5. The summed E-state index contributed by atoms with van der Waals surface area (Å²) in [6.07, 6.45) is 11.3. The molecular weight excluding hydrogens is 1010 g/mol. The minimum atomic E-state index is 0.331. The second-order valence-corrected chi connectivity index (χ2v) is 24.9. The lowest BCUT2D eigenvalue weighted by Gasteiger charge is -2.31. The highest BCUT2D eigenvalue weighted by Gasteiger charge is 2.38. The number of allylic oxidation sites excluding steroid dienone is 2. The van der Waals surface area contributed by atoms with Gasteiger partial charge in [0.05, 0.1) is 72.6 Å². The standard InChI is InChI=1S/C77H64N6/c1-42-11-21-63-52(31-42)53-32-43(2)12-22-64(53)79(63)73-62(41-78)74(80-65-23-13-44(3)33-54(65)55-34-45(4)14-24-66(55)80)76(82-69-27-17-48(7)37-58(69)59-38-49(8)18-28-70(59)82)77(83-71-29-19-50(9)39-60(71)61-40-51(10)20-30-72(61)83)75(73)81-67-25-15-46(5)35-56(67)57-36-47(6)16-26-68(57)81/h11-33,35-37,39-40,45,49H,34,38H2,1-10H3. The maximum Gasteiger partial charge on any atom is 0.105 e. The summed E-state index contributed by atoms with van der Waals surface area (Å²) < 4.78 is 12.7. The molecule has 9 aromatic carbocycles. The molecule has 0 saturated heterocycles. The van der Waals surface area contributed by atoms with Crippen LogP contribution in [0.1, 0.15) is 86.4 Å². The van der Waals surface area contributed by atoms with E-state index in [4.69, 9.17) is 0 Å². The van der Waals surface area contributed by atoms with Crippen LogP contribution in [0.2, 0.25) is 0 Å². The predicted molar refractivity (Wildman–Crippen MR) is 350 cm³/mol. The van der Waals surface area contributed by atoms with Crippen molar-refractivity contribution in [2.45, 2.75) is 82.1 Å². The second-order valence-electron chi connectivity index (χ2n) is 24.9. The Morgan fingerprint density at radius 3 is 0.843 bits per heavy atom. The molecule has 0 radical (unpaired) electrons. The highest BCUT2D eigenvalue weighted by Crippen LogP contribution is 2.53. The van der Waals surface area contributed by atoms with Gasteiger partial charge < -0.3 is 22.8 Å². The predicted octanol–water partition coefficient (Wildman–Crippen LogP) is 19.6. The first kappa shape index (κ1) is 49.3. The van der Waals surface area contributed by atoms with Gasteiger partial charge in [0.15, 0.2) is 0 Å². The average molecular weight is 1070 g/mol. The van der Waals surface area contributed by atoms with E-state index in [1.165, 1.54) is 88.0 Å². The third-order valence-corrected chi connectivity index (χ3v) is 18.6. The lowest BCUT2D eigenvalue weighted by molar-refractivity contribution is 0.716. The summed E-state index contributed by atoms with van der Waals surface area (Å²) in [7, 11) is 0. The third-order valence-electron chi connectivity index (χ3n) is 18.6. The lowest BCUT2D eigenvalue weighted by atomic mass is 9.92. The molecule has 0 saturated carbocycles.